The lowest BCUT2D eigenvalue weighted by molar-refractivity contribution is 0.244. The second kappa shape index (κ2) is 4.96. The molecule has 7 nitrogen and oxygen atoms in total. The Labute approximate surface area is 98.7 Å². The van der Waals surface area contributed by atoms with Gasteiger partial charge >= 0.3 is 0 Å². The van der Waals surface area contributed by atoms with Crippen LogP contribution in [0, 0.1) is 5.92 Å². The largest absolute Gasteiger partial charge is 0.396 e. The van der Waals surface area contributed by atoms with Crippen molar-refractivity contribution in [1.82, 2.24) is 19.9 Å². The number of hydrogen-bond donors (Lipinski definition) is 4. The minimum absolute atomic E-state index is 0.142. The van der Waals surface area contributed by atoms with Gasteiger partial charge in [-0.05, 0) is 5.92 Å². The lowest BCUT2D eigenvalue weighted by atomic mass is 10.2. The van der Waals surface area contributed by atoms with Gasteiger partial charge in [-0.3, -0.25) is 0 Å². The molecule has 0 spiro atoms. The molecule has 2 rings (SSSR count). The first-order valence-electron chi connectivity index (χ1n) is 5.48. The van der Waals surface area contributed by atoms with Crippen LogP contribution in [-0.2, 0) is 0 Å². The summed E-state index contributed by atoms with van der Waals surface area (Å²) in [4.78, 5) is 15.6. The van der Waals surface area contributed by atoms with E-state index in [1.54, 1.807) is 13.4 Å². The highest BCUT2D eigenvalue weighted by atomic mass is 16.3. The van der Waals surface area contributed by atoms with Crippen molar-refractivity contribution in [2.24, 2.45) is 5.92 Å². The molecule has 0 aromatic carbocycles. The zero-order chi connectivity index (χ0) is 12.3. The molecule has 92 valence electrons. The minimum Gasteiger partial charge on any atom is -0.396 e. The SMILES string of the molecule is CNc1nc(NCC(C)CO)c2[nH]cnc2n1. The van der Waals surface area contributed by atoms with Crippen LogP contribution in [0.5, 0.6) is 0 Å². The molecule has 0 fully saturated rings. The number of imidazole rings is 1. The fourth-order valence-electron chi connectivity index (χ4n) is 1.41. The van der Waals surface area contributed by atoms with E-state index in [9.17, 15) is 0 Å². The zero-order valence-corrected chi connectivity index (χ0v) is 9.86. The van der Waals surface area contributed by atoms with Gasteiger partial charge in [0, 0.05) is 20.2 Å². The highest BCUT2D eigenvalue weighted by Gasteiger charge is 2.09. The number of hydrogen-bond acceptors (Lipinski definition) is 6. The number of aliphatic hydroxyl groups is 1. The van der Waals surface area contributed by atoms with Gasteiger partial charge in [0.15, 0.2) is 11.5 Å². The van der Waals surface area contributed by atoms with E-state index < -0.39 is 0 Å². The Bertz CT molecular complexity index is 497. The number of aromatic nitrogens is 4. The second-order valence-electron chi connectivity index (χ2n) is 3.92. The number of aromatic amines is 1. The predicted octanol–water partition coefficient (Wildman–Crippen LogP) is 0.435. The second-order valence-corrected chi connectivity index (χ2v) is 3.92. The maximum atomic E-state index is 8.98. The van der Waals surface area contributed by atoms with Gasteiger partial charge in [0.2, 0.25) is 5.95 Å². The zero-order valence-electron chi connectivity index (χ0n) is 9.86. The van der Waals surface area contributed by atoms with E-state index in [1.165, 1.54) is 0 Å². The van der Waals surface area contributed by atoms with E-state index in [2.05, 4.69) is 30.6 Å². The van der Waals surface area contributed by atoms with E-state index in [-0.39, 0.29) is 12.5 Å². The summed E-state index contributed by atoms with van der Waals surface area (Å²) in [6.07, 6.45) is 1.58. The van der Waals surface area contributed by atoms with Crippen LogP contribution in [0.15, 0.2) is 6.33 Å². The lowest BCUT2D eigenvalue weighted by Gasteiger charge is -2.11. The molecule has 0 saturated carbocycles. The summed E-state index contributed by atoms with van der Waals surface area (Å²) in [5.41, 5.74) is 1.39. The van der Waals surface area contributed by atoms with Crippen molar-refractivity contribution in [1.29, 1.82) is 0 Å². The predicted molar refractivity (Wildman–Crippen MR) is 66.0 cm³/mol. The number of nitrogens with one attached hydrogen (secondary N) is 3. The molecule has 0 aliphatic heterocycles. The van der Waals surface area contributed by atoms with Gasteiger partial charge in [0.05, 0.1) is 6.33 Å². The summed E-state index contributed by atoms with van der Waals surface area (Å²) < 4.78 is 0. The van der Waals surface area contributed by atoms with Gasteiger partial charge in [-0.15, -0.1) is 0 Å². The molecule has 2 aromatic heterocycles. The van der Waals surface area contributed by atoms with Crippen LogP contribution in [0.2, 0.25) is 0 Å². The summed E-state index contributed by atoms with van der Waals surface area (Å²) in [5, 5.41) is 15.0. The maximum absolute atomic E-state index is 8.98. The Morgan fingerprint density at radius 1 is 1.47 bits per heavy atom. The standard InChI is InChI=1S/C10H16N6O/c1-6(4-17)3-12-8-7-9(14-5-13-7)16-10(11-2)15-8/h5-6,17H,3-4H2,1-2H3,(H3,11,12,13,14,15,16). The molecule has 0 amide bonds. The molecular weight excluding hydrogens is 220 g/mol. The number of H-pyrrole nitrogens is 1. The number of rotatable bonds is 5. The van der Waals surface area contributed by atoms with Gasteiger partial charge in [0.1, 0.15) is 5.52 Å². The van der Waals surface area contributed by atoms with Crippen molar-refractivity contribution in [2.45, 2.75) is 6.92 Å². The molecule has 0 aliphatic carbocycles. The number of aliphatic hydroxyl groups excluding tert-OH is 1. The molecular formula is C10H16N6O. The Balaban J connectivity index is 2.27. The van der Waals surface area contributed by atoms with Crippen LogP contribution in [0.4, 0.5) is 11.8 Å². The van der Waals surface area contributed by atoms with Crippen molar-refractivity contribution in [3.05, 3.63) is 6.33 Å². The third-order valence-electron chi connectivity index (χ3n) is 2.44. The molecule has 0 saturated heterocycles. The van der Waals surface area contributed by atoms with Crippen molar-refractivity contribution in [3.63, 3.8) is 0 Å². The van der Waals surface area contributed by atoms with Crippen LogP contribution in [-0.4, -0.2) is 45.2 Å². The van der Waals surface area contributed by atoms with Gasteiger partial charge in [-0.2, -0.15) is 9.97 Å². The molecule has 1 unspecified atom stereocenters. The smallest absolute Gasteiger partial charge is 0.226 e. The Kier molecular flexibility index (Phi) is 3.38. The minimum atomic E-state index is 0.142. The average molecular weight is 236 g/mol. The van der Waals surface area contributed by atoms with Crippen molar-refractivity contribution < 1.29 is 5.11 Å². The van der Waals surface area contributed by atoms with E-state index in [1.807, 2.05) is 6.92 Å². The first-order chi connectivity index (χ1) is 8.24. The monoisotopic (exact) mass is 236 g/mol. The lowest BCUT2D eigenvalue weighted by Crippen LogP contribution is -2.16. The fraction of sp³-hybridized carbons (Fsp3) is 0.500. The molecule has 2 heterocycles. The summed E-state index contributed by atoms with van der Waals surface area (Å²) in [6.45, 7) is 2.74. The average Bonchev–Trinajstić information content (AvgIpc) is 2.83. The summed E-state index contributed by atoms with van der Waals surface area (Å²) in [7, 11) is 1.76. The molecule has 0 aliphatic rings. The van der Waals surface area contributed by atoms with Crippen LogP contribution in [0.1, 0.15) is 6.92 Å². The molecule has 4 N–H and O–H groups in total. The maximum Gasteiger partial charge on any atom is 0.226 e. The van der Waals surface area contributed by atoms with E-state index in [0.29, 0.717) is 24.0 Å². The van der Waals surface area contributed by atoms with Crippen molar-refractivity contribution in [3.8, 4) is 0 Å². The van der Waals surface area contributed by atoms with Gasteiger partial charge < -0.3 is 20.7 Å². The molecule has 0 bridgehead atoms. The highest BCUT2D eigenvalue weighted by molar-refractivity contribution is 5.83. The van der Waals surface area contributed by atoms with Crippen molar-refractivity contribution >= 4 is 22.9 Å². The number of fused-ring (bicyclic) bond motifs is 1. The van der Waals surface area contributed by atoms with Gasteiger partial charge in [-0.1, -0.05) is 6.92 Å². The van der Waals surface area contributed by atoms with E-state index >= 15 is 0 Å². The Hall–Kier alpha value is -1.89. The topological polar surface area (TPSA) is 98.8 Å². The number of nitrogens with zero attached hydrogens (tertiary/aromatic N) is 3. The summed E-state index contributed by atoms with van der Waals surface area (Å²) >= 11 is 0. The molecule has 1 atom stereocenters. The Morgan fingerprint density at radius 3 is 3.00 bits per heavy atom. The molecule has 7 heteroatoms. The normalized spacial score (nSPS) is 12.6. The van der Waals surface area contributed by atoms with Gasteiger partial charge in [0.25, 0.3) is 0 Å². The summed E-state index contributed by atoms with van der Waals surface area (Å²) in [6, 6.07) is 0. The quantitative estimate of drug-likeness (QED) is 0.601. The van der Waals surface area contributed by atoms with E-state index in [0.717, 1.165) is 5.52 Å². The first-order valence-corrected chi connectivity index (χ1v) is 5.48. The van der Waals surface area contributed by atoms with Crippen LogP contribution in [0.3, 0.4) is 0 Å². The first kappa shape index (κ1) is 11.6. The van der Waals surface area contributed by atoms with Crippen LogP contribution < -0.4 is 10.6 Å². The van der Waals surface area contributed by atoms with Crippen LogP contribution in [0.25, 0.3) is 11.2 Å². The van der Waals surface area contributed by atoms with Crippen LogP contribution >= 0.6 is 0 Å². The van der Waals surface area contributed by atoms with E-state index in [4.69, 9.17) is 5.11 Å². The van der Waals surface area contributed by atoms with Crippen molar-refractivity contribution in [2.75, 3.05) is 30.8 Å². The summed E-state index contributed by atoms with van der Waals surface area (Å²) in [5.74, 6) is 1.38. The molecule has 0 radical (unpaired) electrons. The fourth-order valence-corrected chi connectivity index (χ4v) is 1.41. The Morgan fingerprint density at radius 2 is 2.29 bits per heavy atom. The highest BCUT2D eigenvalue weighted by Crippen LogP contribution is 2.18. The third-order valence-corrected chi connectivity index (χ3v) is 2.44. The third kappa shape index (κ3) is 2.44. The van der Waals surface area contributed by atoms with Gasteiger partial charge in [-0.25, -0.2) is 4.98 Å². The molecule has 17 heavy (non-hydrogen) atoms. The molecule has 2 aromatic rings. The number of anilines is 2.